The normalized spacial score (nSPS) is 11.8. The Labute approximate surface area is 157 Å². The van der Waals surface area contributed by atoms with E-state index in [1.54, 1.807) is 37.6 Å². The minimum absolute atomic E-state index is 0.00114. The molecule has 0 saturated heterocycles. The highest BCUT2D eigenvalue weighted by Crippen LogP contribution is 2.11. The van der Waals surface area contributed by atoms with Gasteiger partial charge in [-0.25, -0.2) is 4.98 Å². The van der Waals surface area contributed by atoms with Gasteiger partial charge in [-0.3, -0.25) is 19.6 Å². The summed E-state index contributed by atoms with van der Waals surface area (Å²) in [5, 5.41) is 0. The van der Waals surface area contributed by atoms with Crippen LogP contribution < -0.4 is 5.56 Å². The van der Waals surface area contributed by atoms with Crippen LogP contribution in [-0.2, 0) is 6.42 Å². The van der Waals surface area contributed by atoms with Crippen LogP contribution in [0.25, 0.3) is 11.5 Å². The maximum Gasteiger partial charge on any atom is 0.264 e. The third kappa shape index (κ3) is 4.25. The van der Waals surface area contributed by atoms with Gasteiger partial charge in [-0.1, -0.05) is 6.07 Å². The maximum atomic E-state index is 12.7. The summed E-state index contributed by atoms with van der Waals surface area (Å²) < 4.78 is 0. The monoisotopic (exact) mass is 363 g/mol. The summed E-state index contributed by atoms with van der Waals surface area (Å²) in [7, 11) is 1.68. The number of carbonyl (C=O) groups is 1. The second-order valence-electron chi connectivity index (χ2n) is 6.48. The van der Waals surface area contributed by atoms with Gasteiger partial charge < -0.3 is 9.88 Å². The number of rotatable bonds is 5. The summed E-state index contributed by atoms with van der Waals surface area (Å²) in [6.07, 6.45) is 5.27. The molecular weight excluding hydrogens is 342 g/mol. The number of carbonyl (C=O) groups excluding carboxylic acids is 1. The Hall–Kier alpha value is -3.35. The fraction of sp³-hybridized carbons (Fsp3) is 0.250. The number of aryl methyl sites for hydroxylation is 1. The number of hydrogen-bond donors (Lipinski definition) is 1. The lowest BCUT2D eigenvalue weighted by molar-refractivity contribution is 0.0740. The Kier molecular flexibility index (Phi) is 5.40. The molecular formula is C20H21N5O2. The Morgan fingerprint density at radius 1 is 1.19 bits per heavy atom. The van der Waals surface area contributed by atoms with Crippen molar-refractivity contribution < 1.29 is 4.79 Å². The van der Waals surface area contributed by atoms with E-state index in [1.807, 2.05) is 26.0 Å². The molecule has 0 aliphatic rings. The average Bonchev–Trinajstić information content (AvgIpc) is 2.67. The molecule has 138 valence electrons. The highest BCUT2D eigenvalue weighted by Gasteiger charge is 2.21. The third-order valence-corrected chi connectivity index (χ3v) is 4.40. The molecule has 27 heavy (non-hydrogen) atoms. The molecule has 0 spiro atoms. The van der Waals surface area contributed by atoms with Crippen LogP contribution in [0.1, 0.15) is 28.5 Å². The second kappa shape index (κ2) is 7.90. The lowest BCUT2D eigenvalue weighted by Gasteiger charge is -2.24. The summed E-state index contributed by atoms with van der Waals surface area (Å²) in [5.41, 5.74) is 2.08. The minimum Gasteiger partial charge on any atom is -0.338 e. The van der Waals surface area contributed by atoms with E-state index in [4.69, 9.17) is 0 Å². The molecule has 0 saturated carbocycles. The molecule has 0 radical (unpaired) electrons. The summed E-state index contributed by atoms with van der Waals surface area (Å²) in [4.78, 5) is 42.0. The summed E-state index contributed by atoms with van der Waals surface area (Å²) >= 11 is 0. The van der Waals surface area contributed by atoms with E-state index in [0.717, 1.165) is 11.3 Å². The number of pyridine rings is 2. The lowest BCUT2D eigenvalue weighted by atomic mass is 10.1. The van der Waals surface area contributed by atoms with Crippen LogP contribution in [0.5, 0.6) is 0 Å². The number of amides is 1. The molecule has 1 N–H and O–H groups in total. The van der Waals surface area contributed by atoms with Crippen molar-refractivity contribution in [3.8, 4) is 11.5 Å². The van der Waals surface area contributed by atoms with Crippen molar-refractivity contribution in [1.29, 1.82) is 0 Å². The summed E-state index contributed by atoms with van der Waals surface area (Å²) in [6.45, 7) is 3.92. The second-order valence-corrected chi connectivity index (χ2v) is 6.48. The predicted molar refractivity (Wildman–Crippen MR) is 102 cm³/mol. The molecule has 3 aromatic heterocycles. The molecule has 0 bridgehead atoms. The van der Waals surface area contributed by atoms with Gasteiger partial charge in [0, 0.05) is 43.8 Å². The van der Waals surface area contributed by atoms with Gasteiger partial charge in [-0.05, 0) is 43.7 Å². The Morgan fingerprint density at radius 2 is 2.00 bits per heavy atom. The number of H-pyrrole nitrogens is 1. The minimum atomic E-state index is -0.483. The largest absolute Gasteiger partial charge is 0.338 e. The highest BCUT2D eigenvalue weighted by molar-refractivity contribution is 5.93. The van der Waals surface area contributed by atoms with Gasteiger partial charge in [0.15, 0.2) is 5.82 Å². The van der Waals surface area contributed by atoms with Gasteiger partial charge >= 0.3 is 0 Å². The van der Waals surface area contributed by atoms with E-state index in [2.05, 4.69) is 19.9 Å². The lowest BCUT2D eigenvalue weighted by Crippen LogP contribution is -2.39. The molecule has 1 amide bonds. The number of nitrogens with one attached hydrogen (secondary N) is 1. The van der Waals surface area contributed by atoms with Crippen molar-refractivity contribution in [3.63, 3.8) is 0 Å². The van der Waals surface area contributed by atoms with Gasteiger partial charge in [0.05, 0.1) is 0 Å². The van der Waals surface area contributed by atoms with E-state index in [0.29, 0.717) is 17.9 Å². The topological polar surface area (TPSA) is 91.8 Å². The fourth-order valence-electron chi connectivity index (χ4n) is 2.72. The van der Waals surface area contributed by atoms with Gasteiger partial charge in [0.2, 0.25) is 0 Å². The van der Waals surface area contributed by atoms with Crippen LogP contribution in [0.15, 0.2) is 53.7 Å². The Balaban J connectivity index is 1.77. The molecule has 3 rings (SSSR count). The molecule has 0 aliphatic carbocycles. The van der Waals surface area contributed by atoms with Gasteiger partial charge in [0.25, 0.3) is 11.5 Å². The van der Waals surface area contributed by atoms with E-state index < -0.39 is 5.56 Å². The summed E-state index contributed by atoms with van der Waals surface area (Å²) in [6, 6.07) is 9.11. The zero-order valence-corrected chi connectivity index (χ0v) is 15.5. The van der Waals surface area contributed by atoms with Crippen molar-refractivity contribution in [3.05, 3.63) is 76.1 Å². The van der Waals surface area contributed by atoms with Crippen molar-refractivity contribution in [2.45, 2.75) is 26.3 Å². The first-order valence-corrected chi connectivity index (χ1v) is 8.65. The van der Waals surface area contributed by atoms with Crippen LogP contribution >= 0.6 is 0 Å². The van der Waals surface area contributed by atoms with E-state index in [9.17, 15) is 9.59 Å². The molecule has 0 aromatic carbocycles. The zero-order valence-electron chi connectivity index (χ0n) is 15.5. The van der Waals surface area contributed by atoms with Gasteiger partial charge in [-0.15, -0.1) is 0 Å². The smallest absolute Gasteiger partial charge is 0.264 e. The van der Waals surface area contributed by atoms with Crippen molar-refractivity contribution in [1.82, 2.24) is 24.8 Å². The third-order valence-electron chi connectivity index (χ3n) is 4.40. The number of aromatic amines is 1. The van der Waals surface area contributed by atoms with Crippen LogP contribution in [0.2, 0.25) is 0 Å². The van der Waals surface area contributed by atoms with Crippen molar-refractivity contribution in [2.75, 3.05) is 7.05 Å². The van der Waals surface area contributed by atoms with Crippen molar-refractivity contribution >= 4 is 5.91 Å². The molecule has 7 heteroatoms. The first-order chi connectivity index (χ1) is 13.0. The van der Waals surface area contributed by atoms with Crippen LogP contribution in [0.3, 0.4) is 0 Å². The average molecular weight is 363 g/mol. The van der Waals surface area contributed by atoms with E-state index in [1.165, 1.54) is 11.1 Å². The first-order valence-electron chi connectivity index (χ1n) is 8.65. The number of hydrogen-bond acceptors (Lipinski definition) is 5. The predicted octanol–water partition coefficient (Wildman–Crippen LogP) is 2.24. The molecule has 1 atom stereocenters. The van der Waals surface area contributed by atoms with Crippen LogP contribution in [0.4, 0.5) is 0 Å². The van der Waals surface area contributed by atoms with Crippen LogP contribution in [-0.4, -0.2) is 43.8 Å². The number of likely N-dealkylation sites (N-methyl/N-ethyl adjacent to an activating group) is 1. The van der Waals surface area contributed by atoms with Gasteiger partial charge in [0.1, 0.15) is 11.3 Å². The number of aromatic nitrogens is 4. The van der Waals surface area contributed by atoms with Crippen LogP contribution in [0, 0.1) is 6.92 Å². The van der Waals surface area contributed by atoms with E-state index in [-0.39, 0.29) is 17.5 Å². The highest BCUT2D eigenvalue weighted by atomic mass is 16.2. The van der Waals surface area contributed by atoms with Gasteiger partial charge in [-0.2, -0.15) is 0 Å². The maximum absolute atomic E-state index is 12.7. The first kappa shape index (κ1) is 18.4. The number of nitrogens with zero attached hydrogens (tertiary/aromatic N) is 4. The molecule has 3 heterocycles. The molecule has 0 aliphatic heterocycles. The molecule has 0 unspecified atom stereocenters. The molecule has 7 nitrogen and oxygen atoms in total. The standard InChI is InChI=1S/C20H21N5O2/c1-13-7-9-21-15(10-13)11-14(2)25(3)20(27)16-12-23-18(24-19(16)26)17-6-4-5-8-22-17/h4-10,12,14H,11H2,1-3H3,(H,23,24,26)/t14-/m0/s1. The molecule has 3 aromatic rings. The molecule has 0 fully saturated rings. The van der Waals surface area contributed by atoms with Crippen molar-refractivity contribution in [2.24, 2.45) is 0 Å². The summed E-state index contributed by atoms with van der Waals surface area (Å²) in [5.74, 6) is -0.0479. The Morgan fingerprint density at radius 3 is 2.67 bits per heavy atom. The SMILES string of the molecule is Cc1ccnc(C[C@H](C)N(C)C(=O)c2cnc(-c3ccccn3)[nH]c2=O)c1. The quantitative estimate of drug-likeness (QED) is 0.750. The fourth-order valence-corrected chi connectivity index (χ4v) is 2.72. The zero-order chi connectivity index (χ0) is 19.4. The van der Waals surface area contributed by atoms with E-state index >= 15 is 0 Å². The Bertz CT molecular complexity index is 1000.